The standard InChI is InChI=1S/C13H26N2O4/c14-7-5-3-1-2-4-6-8-15-9-10(16)11(17)12(18)13(15)19/h10-12,16-18H,1-9,14H2/t10-,11+,12-/m0/s1. The fraction of sp³-hybridized carbons (Fsp3) is 0.923. The van der Waals surface area contributed by atoms with Crippen LogP contribution in [0.2, 0.25) is 0 Å². The number of nitrogens with two attached hydrogens (primary N) is 1. The van der Waals surface area contributed by atoms with Crippen molar-refractivity contribution in [3.05, 3.63) is 0 Å². The minimum absolute atomic E-state index is 0.101. The van der Waals surface area contributed by atoms with E-state index in [4.69, 9.17) is 5.73 Å². The fourth-order valence-electron chi connectivity index (χ4n) is 2.32. The molecule has 6 heteroatoms. The van der Waals surface area contributed by atoms with E-state index >= 15 is 0 Å². The summed E-state index contributed by atoms with van der Waals surface area (Å²) >= 11 is 0. The first-order valence-electron chi connectivity index (χ1n) is 7.11. The molecule has 0 radical (unpaired) electrons. The smallest absolute Gasteiger partial charge is 0.254 e. The molecule has 112 valence electrons. The molecule has 1 aliphatic rings. The van der Waals surface area contributed by atoms with Crippen LogP contribution in [0.3, 0.4) is 0 Å². The highest BCUT2D eigenvalue weighted by Gasteiger charge is 2.39. The predicted octanol–water partition coefficient (Wildman–Crippen LogP) is -0.789. The first kappa shape index (κ1) is 16.4. The van der Waals surface area contributed by atoms with Gasteiger partial charge in [0.1, 0.15) is 12.2 Å². The minimum Gasteiger partial charge on any atom is -0.388 e. The maximum atomic E-state index is 11.7. The monoisotopic (exact) mass is 274 g/mol. The van der Waals surface area contributed by atoms with Gasteiger partial charge in [0.2, 0.25) is 0 Å². The van der Waals surface area contributed by atoms with Crippen LogP contribution in [0.4, 0.5) is 0 Å². The van der Waals surface area contributed by atoms with Crippen LogP contribution in [0.25, 0.3) is 0 Å². The SMILES string of the molecule is NCCCCCCCCN1C[C@H](O)[C@@H](O)[C@H](O)C1=O. The zero-order valence-electron chi connectivity index (χ0n) is 11.4. The summed E-state index contributed by atoms with van der Waals surface area (Å²) in [4.78, 5) is 13.1. The van der Waals surface area contributed by atoms with Crippen molar-refractivity contribution in [2.75, 3.05) is 19.6 Å². The highest BCUT2D eigenvalue weighted by molar-refractivity contribution is 5.82. The van der Waals surface area contributed by atoms with Gasteiger partial charge in [-0.1, -0.05) is 25.7 Å². The molecular weight excluding hydrogens is 248 g/mol. The van der Waals surface area contributed by atoms with Crippen LogP contribution in [0, 0.1) is 0 Å². The van der Waals surface area contributed by atoms with Gasteiger partial charge in [-0.15, -0.1) is 0 Å². The molecule has 0 spiro atoms. The van der Waals surface area contributed by atoms with Crippen molar-refractivity contribution in [2.24, 2.45) is 5.73 Å². The molecule has 0 unspecified atom stereocenters. The maximum Gasteiger partial charge on any atom is 0.254 e. The quantitative estimate of drug-likeness (QED) is 0.434. The third-order valence-corrected chi connectivity index (χ3v) is 3.57. The first-order valence-corrected chi connectivity index (χ1v) is 7.11. The van der Waals surface area contributed by atoms with Gasteiger partial charge < -0.3 is 26.0 Å². The Balaban J connectivity index is 2.17. The molecule has 0 aromatic rings. The molecule has 19 heavy (non-hydrogen) atoms. The Kier molecular flexibility index (Phi) is 7.30. The van der Waals surface area contributed by atoms with Crippen LogP contribution < -0.4 is 5.73 Å². The molecule has 1 saturated heterocycles. The van der Waals surface area contributed by atoms with Crippen LogP contribution in [0.5, 0.6) is 0 Å². The largest absolute Gasteiger partial charge is 0.388 e. The second kappa shape index (κ2) is 8.47. The lowest BCUT2D eigenvalue weighted by Gasteiger charge is -2.36. The zero-order valence-corrected chi connectivity index (χ0v) is 11.4. The lowest BCUT2D eigenvalue weighted by molar-refractivity contribution is -0.165. The number of likely N-dealkylation sites (tertiary alicyclic amines) is 1. The van der Waals surface area contributed by atoms with Crippen molar-refractivity contribution >= 4 is 5.91 Å². The van der Waals surface area contributed by atoms with Gasteiger partial charge in [0.15, 0.2) is 6.10 Å². The molecule has 0 aromatic carbocycles. The van der Waals surface area contributed by atoms with Crippen LogP contribution in [-0.2, 0) is 4.79 Å². The van der Waals surface area contributed by atoms with Gasteiger partial charge in [-0.05, 0) is 19.4 Å². The number of rotatable bonds is 8. The number of hydrogen-bond donors (Lipinski definition) is 4. The number of hydrogen-bond acceptors (Lipinski definition) is 5. The average Bonchev–Trinajstić information content (AvgIpc) is 2.41. The van der Waals surface area contributed by atoms with Crippen molar-refractivity contribution < 1.29 is 20.1 Å². The average molecular weight is 274 g/mol. The number of nitrogens with zero attached hydrogens (tertiary/aromatic N) is 1. The first-order chi connectivity index (χ1) is 9.07. The number of aliphatic hydroxyl groups is 3. The van der Waals surface area contributed by atoms with Crippen LogP contribution in [-0.4, -0.2) is 64.1 Å². The van der Waals surface area contributed by atoms with E-state index in [9.17, 15) is 20.1 Å². The predicted molar refractivity (Wildman–Crippen MR) is 71.4 cm³/mol. The summed E-state index contributed by atoms with van der Waals surface area (Å²) in [5.41, 5.74) is 5.41. The molecule has 0 aromatic heterocycles. The third kappa shape index (κ3) is 5.06. The summed E-state index contributed by atoms with van der Waals surface area (Å²) in [5.74, 6) is -0.485. The number of amides is 1. The molecule has 1 aliphatic heterocycles. The maximum absolute atomic E-state index is 11.7. The summed E-state index contributed by atoms with van der Waals surface area (Å²) in [5, 5.41) is 28.4. The van der Waals surface area contributed by atoms with Crippen molar-refractivity contribution in [3.8, 4) is 0 Å². The topological polar surface area (TPSA) is 107 Å². The number of aliphatic hydroxyl groups excluding tert-OH is 3. The van der Waals surface area contributed by atoms with Gasteiger partial charge in [0.25, 0.3) is 5.91 Å². The lowest BCUT2D eigenvalue weighted by Crippen LogP contribution is -2.58. The van der Waals surface area contributed by atoms with Crippen molar-refractivity contribution in [3.63, 3.8) is 0 Å². The Morgan fingerprint density at radius 1 is 1.05 bits per heavy atom. The van der Waals surface area contributed by atoms with Crippen molar-refractivity contribution in [1.82, 2.24) is 4.90 Å². The molecule has 6 nitrogen and oxygen atoms in total. The number of β-amino-alcohol motifs (C(OH)–C–C–N with tert-alkyl or cyclic N) is 1. The number of unbranched alkanes of at least 4 members (excludes halogenated alkanes) is 5. The highest BCUT2D eigenvalue weighted by Crippen LogP contribution is 2.15. The van der Waals surface area contributed by atoms with Gasteiger partial charge >= 0.3 is 0 Å². The van der Waals surface area contributed by atoms with E-state index in [-0.39, 0.29) is 6.54 Å². The molecule has 1 amide bonds. The molecular formula is C13H26N2O4. The van der Waals surface area contributed by atoms with Gasteiger partial charge in [-0.3, -0.25) is 4.79 Å². The van der Waals surface area contributed by atoms with Crippen LogP contribution >= 0.6 is 0 Å². The Hall–Kier alpha value is -0.690. The Morgan fingerprint density at radius 3 is 2.26 bits per heavy atom. The fourth-order valence-corrected chi connectivity index (χ4v) is 2.32. The summed E-state index contributed by atoms with van der Waals surface area (Å²) in [7, 11) is 0. The lowest BCUT2D eigenvalue weighted by atomic mass is 10.0. The molecule has 5 N–H and O–H groups in total. The molecule has 3 atom stereocenters. The normalized spacial score (nSPS) is 27.9. The van der Waals surface area contributed by atoms with E-state index in [0.717, 1.165) is 45.1 Å². The zero-order chi connectivity index (χ0) is 14.3. The molecule has 0 saturated carbocycles. The van der Waals surface area contributed by atoms with E-state index in [0.29, 0.717) is 6.54 Å². The van der Waals surface area contributed by atoms with Gasteiger partial charge in [-0.25, -0.2) is 0 Å². The number of piperidine rings is 1. The van der Waals surface area contributed by atoms with Crippen LogP contribution in [0.1, 0.15) is 38.5 Å². The number of carbonyl (C=O) groups excluding carboxylic acids is 1. The number of carbonyl (C=O) groups is 1. The molecule has 0 aliphatic carbocycles. The Labute approximate surface area is 114 Å². The summed E-state index contributed by atoms with van der Waals surface area (Å²) in [6.45, 7) is 1.36. The second-order valence-corrected chi connectivity index (χ2v) is 5.20. The second-order valence-electron chi connectivity index (χ2n) is 5.20. The van der Waals surface area contributed by atoms with E-state index < -0.39 is 24.2 Å². The van der Waals surface area contributed by atoms with E-state index in [1.54, 1.807) is 0 Å². The van der Waals surface area contributed by atoms with E-state index in [1.807, 2.05) is 0 Å². The van der Waals surface area contributed by atoms with E-state index in [2.05, 4.69) is 0 Å². The molecule has 1 fully saturated rings. The highest BCUT2D eigenvalue weighted by atomic mass is 16.4. The summed E-state index contributed by atoms with van der Waals surface area (Å²) in [6, 6.07) is 0. The molecule has 0 bridgehead atoms. The van der Waals surface area contributed by atoms with Gasteiger partial charge in [-0.2, -0.15) is 0 Å². The molecule has 1 rings (SSSR count). The van der Waals surface area contributed by atoms with E-state index in [1.165, 1.54) is 4.90 Å². The van der Waals surface area contributed by atoms with Crippen molar-refractivity contribution in [1.29, 1.82) is 0 Å². The minimum atomic E-state index is -1.49. The van der Waals surface area contributed by atoms with Crippen molar-refractivity contribution in [2.45, 2.75) is 56.8 Å². The third-order valence-electron chi connectivity index (χ3n) is 3.57. The summed E-state index contributed by atoms with van der Waals surface area (Å²) in [6.07, 6.45) is 2.41. The van der Waals surface area contributed by atoms with Crippen LogP contribution in [0.15, 0.2) is 0 Å². The van der Waals surface area contributed by atoms with Gasteiger partial charge in [0.05, 0.1) is 0 Å². The summed E-state index contributed by atoms with van der Waals surface area (Å²) < 4.78 is 0. The van der Waals surface area contributed by atoms with Gasteiger partial charge in [0, 0.05) is 13.1 Å². The molecule has 1 heterocycles. The Bertz CT molecular complexity index is 275. The Morgan fingerprint density at radius 2 is 1.63 bits per heavy atom.